The third-order valence-corrected chi connectivity index (χ3v) is 5.69. The Kier molecular flexibility index (Phi) is 14.1. The highest BCUT2D eigenvalue weighted by atomic mass is 16.2. The number of hydrogen-bond donors (Lipinski definition) is 1. The number of hydrogen-bond acceptors (Lipinski definition) is 6. The maximum atomic E-state index is 11.8. The highest BCUT2D eigenvalue weighted by Crippen LogP contribution is 2.14. The van der Waals surface area contributed by atoms with Crippen LogP contribution in [0.1, 0.15) is 86.7 Å². The summed E-state index contributed by atoms with van der Waals surface area (Å²) in [6.45, 7) is 17.6. The van der Waals surface area contributed by atoms with Gasteiger partial charge >= 0.3 is 0 Å². The summed E-state index contributed by atoms with van der Waals surface area (Å²) >= 11 is 0. The van der Waals surface area contributed by atoms with Gasteiger partial charge in [-0.05, 0) is 52.9 Å². The number of carbonyl (C=O) groups excluding carboxylic acids is 2. The quantitative estimate of drug-likeness (QED) is 0.670. The first-order valence-electron chi connectivity index (χ1n) is 13.7. The molecule has 10 nitrogen and oxygen atoms in total. The number of carbonyl (C=O) groups is 2. The topological polar surface area (TPSA) is 91.5 Å². The Morgan fingerprint density at radius 2 is 1.24 bits per heavy atom. The van der Waals surface area contributed by atoms with Crippen LogP contribution in [0.2, 0.25) is 0 Å². The van der Waals surface area contributed by atoms with Crippen LogP contribution in [0.15, 0.2) is 12.1 Å². The van der Waals surface area contributed by atoms with Gasteiger partial charge < -0.3 is 20.0 Å². The molecule has 2 aliphatic heterocycles. The van der Waals surface area contributed by atoms with E-state index in [1.54, 1.807) is 19.0 Å². The molecule has 2 aromatic rings. The van der Waals surface area contributed by atoms with Gasteiger partial charge in [0.2, 0.25) is 0 Å². The van der Waals surface area contributed by atoms with E-state index in [9.17, 15) is 9.59 Å². The number of nitrogens with one attached hydrogen (secondary N) is 1. The minimum Gasteiger partial charge on any atom is -0.348 e. The summed E-state index contributed by atoms with van der Waals surface area (Å²) in [5, 5.41) is 11.6. The van der Waals surface area contributed by atoms with Gasteiger partial charge in [-0.2, -0.15) is 10.2 Å². The van der Waals surface area contributed by atoms with Gasteiger partial charge in [-0.3, -0.25) is 19.0 Å². The van der Waals surface area contributed by atoms with Gasteiger partial charge in [-0.25, -0.2) is 0 Å². The predicted octanol–water partition coefficient (Wildman–Crippen LogP) is 3.33. The molecule has 1 N–H and O–H groups in total. The zero-order chi connectivity index (χ0) is 28.1. The van der Waals surface area contributed by atoms with Gasteiger partial charge in [-0.1, -0.05) is 27.7 Å². The van der Waals surface area contributed by atoms with E-state index in [-0.39, 0.29) is 17.9 Å². The molecule has 0 aromatic carbocycles. The Morgan fingerprint density at radius 3 is 1.68 bits per heavy atom. The lowest BCUT2D eigenvalue weighted by atomic mass is 10.3. The van der Waals surface area contributed by atoms with Crippen molar-refractivity contribution >= 4 is 11.8 Å². The van der Waals surface area contributed by atoms with Crippen LogP contribution in [-0.2, 0) is 26.2 Å². The number of aromatic nitrogens is 4. The molecule has 0 unspecified atom stereocenters. The normalized spacial score (nSPS) is 15.2. The Hall–Kier alpha value is -2.72. The Morgan fingerprint density at radius 1 is 0.811 bits per heavy atom. The number of aryl methyl sites for hydroxylation is 2. The summed E-state index contributed by atoms with van der Waals surface area (Å²) in [5.74, 6) is -0.105. The maximum Gasteiger partial charge on any atom is 0.273 e. The van der Waals surface area contributed by atoms with Crippen molar-refractivity contribution in [1.29, 1.82) is 0 Å². The number of amides is 2. The molecule has 0 fully saturated rings. The van der Waals surface area contributed by atoms with Crippen LogP contribution in [-0.4, -0.2) is 93.4 Å². The van der Waals surface area contributed by atoms with Crippen LogP contribution < -0.4 is 5.32 Å². The second-order valence-electron chi connectivity index (χ2n) is 9.50. The van der Waals surface area contributed by atoms with Crippen LogP contribution >= 0.6 is 0 Å². The summed E-state index contributed by atoms with van der Waals surface area (Å²) < 4.78 is 3.92. The first-order valence-corrected chi connectivity index (χ1v) is 13.7. The molecule has 10 heteroatoms. The van der Waals surface area contributed by atoms with Crippen molar-refractivity contribution in [2.75, 3.05) is 41.3 Å². The molecule has 0 radical (unpaired) electrons. The lowest BCUT2D eigenvalue weighted by Gasteiger charge is -2.11. The van der Waals surface area contributed by atoms with Crippen molar-refractivity contribution in [1.82, 2.24) is 39.6 Å². The van der Waals surface area contributed by atoms with E-state index in [0.717, 1.165) is 63.5 Å². The average molecular weight is 519 g/mol. The predicted molar refractivity (Wildman–Crippen MR) is 150 cm³/mol. The van der Waals surface area contributed by atoms with Gasteiger partial charge in [0.05, 0.1) is 11.4 Å². The van der Waals surface area contributed by atoms with E-state index in [1.165, 1.54) is 0 Å². The van der Waals surface area contributed by atoms with Crippen LogP contribution in [0.5, 0.6) is 0 Å². The minimum absolute atomic E-state index is 0.0248. The van der Waals surface area contributed by atoms with Crippen molar-refractivity contribution in [2.24, 2.45) is 0 Å². The van der Waals surface area contributed by atoms with Gasteiger partial charge in [0.1, 0.15) is 5.69 Å². The van der Waals surface area contributed by atoms with Crippen molar-refractivity contribution < 1.29 is 9.59 Å². The maximum absolute atomic E-state index is 11.8. The number of rotatable bonds is 3. The van der Waals surface area contributed by atoms with E-state index < -0.39 is 0 Å². The molecule has 0 atom stereocenters. The molecular weight excluding hydrogens is 468 g/mol. The molecule has 4 rings (SSSR count). The summed E-state index contributed by atoms with van der Waals surface area (Å²) in [6.07, 6.45) is 2.16. The van der Waals surface area contributed by atoms with Crippen LogP contribution in [0.3, 0.4) is 0 Å². The first kappa shape index (κ1) is 32.3. The fourth-order valence-corrected chi connectivity index (χ4v) is 4.03. The largest absolute Gasteiger partial charge is 0.348 e. The lowest BCUT2D eigenvalue weighted by molar-refractivity contribution is 0.0820. The lowest BCUT2D eigenvalue weighted by Crippen LogP contribution is -2.30. The second kappa shape index (κ2) is 16.2. The van der Waals surface area contributed by atoms with Crippen molar-refractivity contribution in [3.63, 3.8) is 0 Å². The monoisotopic (exact) mass is 518 g/mol. The molecule has 37 heavy (non-hydrogen) atoms. The standard InChI is InChI=1S/C12H20N4O.C11H18N4O.2C2H6/c1-9(2)13-12(17)11-7-10-8-15(3)5-4-6-16(10)14-11;1-13(2)11(16)10-7-9-8-14(3)5-4-6-15(9)12-10;2*1-2/h7,9H,4-6,8H2,1-3H3,(H,13,17);7H,4-6,8H2,1-3H3;2*1-2H3. The summed E-state index contributed by atoms with van der Waals surface area (Å²) in [4.78, 5) is 29.7. The highest BCUT2D eigenvalue weighted by Gasteiger charge is 2.19. The number of fused-ring (bicyclic) bond motifs is 2. The Bertz CT molecular complexity index is 964. The molecule has 2 amide bonds. The Labute approximate surface area is 224 Å². The minimum atomic E-state index is -0.0803. The zero-order valence-electron chi connectivity index (χ0n) is 24.8. The molecule has 0 bridgehead atoms. The third-order valence-electron chi connectivity index (χ3n) is 5.69. The zero-order valence-corrected chi connectivity index (χ0v) is 24.8. The van der Waals surface area contributed by atoms with Crippen LogP contribution in [0.25, 0.3) is 0 Å². The summed E-state index contributed by atoms with van der Waals surface area (Å²) in [5.41, 5.74) is 3.34. The molecule has 0 spiro atoms. The smallest absolute Gasteiger partial charge is 0.273 e. The van der Waals surface area contributed by atoms with E-state index in [4.69, 9.17) is 0 Å². The Balaban J connectivity index is 0.000000327. The van der Waals surface area contributed by atoms with E-state index in [1.807, 2.05) is 63.0 Å². The van der Waals surface area contributed by atoms with Crippen molar-refractivity contribution in [3.8, 4) is 0 Å². The van der Waals surface area contributed by atoms with Crippen molar-refractivity contribution in [3.05, 3.63) is 34.9 Å². The molecule has 210 valence electrons. The molecule has 4 heterocycles. The van der Waals surface area contributed by atoms with Gasteiger partial charge in [-0.15, -0.1) is 0 Å². The summed E-state index contributed by atoms with van der Waals surface area (Å²) in [7, 11) is 7.69. The second-order valence-corrected chi connectivity index (χ2v) is 9.50. The van der Waals surface area contributed by atoms with Crippen molar-refractivity contribution in [2.45, 2.75) is 86.6 Å². The summed E-state index contributed by atoms with van der Waals surface area (Å²) in [6, 6.07) is 3.95. The third kappa shape index (κ3) is 9.92. The molecule has 0 aliphatic carbocycles. The fraction of sp³-hybridized carbons (Fsp3) is 0.704. The van der Waals surface area contributed by atoms with Gasteiger partial charge in [0, 0.05) is 59.4 Å². The van der Waals surface area contributed by atoms with E-state index in [2.05, 4.69) is 39.4 Å². The highest BCUT2D eigenvalue weighted by molar-refractivity contribution is 5.92. The van der Waals surface area contributed by atoms with E-state index in [0.29, 0.717) is 11.4 Å². The SMILES string of the molecule is CC.CC.CC(C)NC(=O)c1cc2n(n1)CCCN(C)C2.CN1CCCn2nc(C(=O)N(C)C)cc2C1. The van der Waals surface area contributed by atoms with Gasteiger partial charge in [0.15, 0.2) is 5.69 Å². The molecular formula is C27H50N8O2. The number of nitrogens with zero attached hydrogens (tertiary/aromatic N) is 7. The fourth-order valence-electron chi connectivity index (χ4n) is 4.03. The van der Waals surface area contributed by atoms with Crippen LogP contribution in [0.4, 0.5) is 0 Å². The van der Waals surface area contributed by atoms with Gasteiger partial charge in [0.25, 0.3) is 11.8 Å². The molecule has 2 aromatic heterocycles. The average Bonchev–Trinajstić information content (AvgIpc) is 3.34. The molecule has 2 aliphatic rings. The van der Waals surface area contributed by atoms with E-state index >= 15 is 0 Å². The molecule has 0 saturated heterocycles. The molecule has 0 saturated carbocycles. The van der Waals surface area contributed by atoms with Crippen LogP contribution in [0, 0.1) is 0 Å². The first-order chi connectivity index (χ1) is 17.6.